The molecule has 2 aliphatic heterocycles. The summed E-state index contributed by atoms with van der Waals surface area (Å²) in [5.74, 6) is 1.49. The Morgan fingerprint density at radius 3 is 2.95 bits per heavy atom. The first kappa shape index (κ1) is 15.5. The third kappa shape index (κ3) is 3.67. The fourth-order valence-corrected chi connectivity index (χ4v) is 3.43. The van der Waals surface area contributed by atoms with Crippen LogP contribution in [-0.4, -0.2) is 36.7 Å². The third-order valence-electron chi connectivity index (χ3n) is 4.85. The SMILES string of the molecule is Cc1ocnc1CNC(=O)[C@@H]1CCO[C@@H]1CC1CCNCC1. The summed E-state index contributed by atoms with van der Waals surface area (Å²) >= 11 is 0. The zero-order valence-electron chi connectivity index (χ0n) is 13.1. The number of hydrogen-bond acceptors (Lipinski definition) is 5. The van der Waals surface area contributed by atoms with Crippen molar-refractivity contribution in [3.05, 3.63) is 17.8 Å². The van der Waals surface area contributed by atoms with Crippen LogP contribution in [0.25, 0.3) is 0 Å². The molecule has 2 aliphatic rings. The maximum absolute atomic E-state index is 12.4. The van der Waals surface area contributed by atoms with Gasteiger partial charge in [0.1, 0.15) is 11.5 Å². The molecule has 0 aromatic carbocycles. The van der Waals surface area contributed by atoms with E-state index in [1.165, 1.54) is 19.2 Å². The number of amides is 1. The average molecular weight is 307 g/mol. The van der Waals surface area contributed by atoms with Crippen molar-refractivity contribution in [2.75, 3.05) is 19.7 Å². The summed E-state index contributed by atoms with van der Waals surface area (Å²) in [6.45, 7) is 5.14. The monoisotopic (exact) mass is 307 g/mol. The van der Waals surface area contributed by atoms with Crippen molar-refractivity contribution in [2.45, 2.75) is 45.3 Å². The molecule has 0 saturated carbocycles. The van der Waals surface area contributed by atoms with Crippen molar-refractivity contribution >= 4 is 5.91 Å². The lowest BCUT2D eigenvalue weighted by Crippen LogP contribution is -2.37. The summed E-state index contributed by atoms with van der Waals surface area (Å²) < 4.78 is 11.0. The first-order chi connectivity index (χ1) is 10.7. The topological polar surface area (TPSA) is 76.4 Å². The highest BCUT2D eigenvalue weighted by atomic mass is 16.5. The van der Waals surface area contributed by atoms with Crippen LogP contribution in [0.5, 0.6) is 0 Å². The van der Waals surface area contributed by atoms with Crippen molar-refractivity contribution in [1.29, 1.82) is 0 Å². The van der Waals surface area contributed by atoms with Gasteiger partial charge in [-0.1, -0.05) is 0 Å². The molecule has 1 aromatic heterocycles. The van der Waals surface area contributed by atoms with Crippen LogP contribution in [0.3, 0.4) is 0 Å². The van der Waals surface area contributed by atoms with Crippen molar-refractivity contribution in [1.82, 2.24) is 15.6 Å². The van der Waals surface area contributed by atoms with E-state index in [1.807, 2.05) is 6.92 Å². The highest BCUT2D eigenvalue weighted by Crippen LogP contribution is 2.29. The first-order valence-corrected chi connectivity index (χ1v) is 8.23. The zero-order valence-corrected chi connectivity index (χ0v) is 13.1. The molecule has 122 valence electrons. The standard InChI is InChI=1S/C16H25N3O3/c1-11-14(19-10-22-11)9-18-16(20)13-4-7-21-15(13)8-12-2-5-17-6-3-12/h10,12-13,15,17H,2-9H2,1H3,(H,18,20)/t13-,15-/m1/s1. The lowest BCUT2D eigenvalue weighted by molar-refractivity contribution is -0.127. The van der Waals surface area contributed by atoms with Crippen LogP contribution in [0.1, 0.15) is 37.1 Å². The van der Waals surface area contributed by atoms with Crippen LogP contribution in [0.4, 0.5) is 0 Å². The molecule has 1 amide bonds. The Hall–Kier alpha value is -1.40. The summed E-state index contributed by atoms with van der Waals surface area (Å²) in [5, 5.41) is 6.36. The number of nitrogens with zero attached hydrogens (tertiary/aromatic N) is 1. The van der Waals surface area contributed by atoms with E-state index in [4.69, 9.17) is 9.15 Å². The second-order valence-corrected chi connectivity index (χ2v) is 6.31. The molecule has 0 unspecified atom stereocenters. The molecule has 2 saturated heterocycles. The van der Waals surface area contributed by atoms with Gasteiger partial charge in [0.25, 0.3) is 0 Å². The Labute approximate surface area is 131 Å². The Kier molecular flexibility index (Phi) is 5.10. The van der Waals surface area contributed by atoms with Gasteiger partial charge in [0, 0.05) is 6.61 Å². The molecule has 2 N–H and O–H groups in total. The molecule has 2 fully saturated rings. The molecule has 0 spiro atoms. The maximum atomic E-state index is 12.4. The van der Waals surface area contributed by atoms with Gasteiger partial charge in [0.15, 0.2) is 6.39 Å². The second kappa shape index (κ2) is 7.24. The normalized spacial score (nSPS) is 26.2. The predicted molar refractivity (Wildman–Crippen MR) is 81.1 cm³/mol. The number of hydrogen-bond donors (Lipinski definition) is 2. The van der Waals surface area contributed by atoms with Crippen LogP contribution in [-0.2, 0) is 16.1 Å². The summed E-state index contributed by atoms with van der Waals surface area (Å²) in [6.07, 6.45) is 5.68. The van der Waals surface area contributed by atoms with Crippen molar-refractivity contribution in [2.24, 2.45) is 11.8 Å². The van der Waals surface area contributed by atoms with Crippen LogP contribution in [0.15, 0.2) is 10.8 Å². The molecule has 0 radical (unpaired) electrons. The molecule has 0 aliphatic carbocycles. The minimum Gasteiger partial charge on any atom is -0.448 e. The molecule has 2 atom stereocenters. The minimum absolute atomic E-state index is 0.0258. The number of aromatic nitrogens is 1. The zero-order chi connectivity index (χ0) is 15.4. The van der Waals surface area contributed by atoms with Gasteiger partial charge in [0.05, 0.1) is 18.6 Å². The quantitative estimate of drug-likeness (QED) is 0.860. The van der Waals surface area contributed by atoms with E-state index in [1.54, 1.807) is 0 Å². The van der Waals surface area contributed by atoms with Crippen LogP contribution in [0, 0.1) is 18.8 Å². The van der Waals surface area contributed by atoms with E-state index in [0.29, 0.717) is 19.1 Å². The highest BCUT2D eigenvalue weighted by Gasteiger charge is 2.35. The molecular weight excluding hydrogens is 282 g/mol. The van der Waals surface area contributed by atoms with Gasteiger partial charge in [-0.3, -0.25) is 4.79 Å². The smallest absolute Gasteiger partial charge is 0.226 e. The lowest BCUT2D eigenvalue weighted by Gasteiger charge is -2.27. The Morgan fingerprint density at radius 1 is 1.41 bits per heavy atom. The summed E-state index contributed by atoms with van der Waals surface area (Å²) in [5.41, 5.74) is 0.794. The number of aryl methyl sites for hydroxylation is 1. The average Bonchev–Trinajstić information content (AvgIpc) is 3.15. The van der Waals surface area contributed by atoms with Crippen LogP contribution >= 0.6 is 0 Å². The summed E-state index contributed by atoms with van der Waals surface area (Å²) in [7, 11) is 0. The van der Waals surface area contributed by atoms with Gasteiger partial charge in [-0.15, -0.1) is 0 Å². The number of rotatable bonds is 5. The first-order valence-electron chi connectivity index (χ1n) is 8.23. The Balaban J connectivity index is 1.50. The van der Waals surface area contributed by atoms with Gasteiger partial charge in [0.2, 0.25) is 5.91 Å². The van der Waals surface area contributed by atoms with Gasteiger partial charge in [-0.25, -0.2) is 4.98 Å². The number of carbonyl (C=O) groups excluding carboxylic acids is 1. The largest absolute Gasteiger partial charge is 0.448 e. The number of carbonyl (C=O) groups is 1. The predicted octanol–water partition coefficient (Wildman–Crippen LogP) is 1.39. The minimum atomic E-state index is -0.0258. The fourth-order valence-electron chi connectivity index (χ4n) is 3.43. The third-order valence-corrected chi connectivity index (χ3v) is 4.85. The molecule has 6 nitrogen and oxygen atoms in total. The molecule has 6 heteroatoms. The lowest BCUT2D eigenvalue weighted by atomic mass is 9.87. The van der Waals surface area contributed by atoms with E-state index in [-0.39, 0.29) is 17.9 Å². The van der Waals surface area contributed by atoms with E-state index in [9.17, 15) is 4.79 Å². The Morgan fingerprint density at radius 2 is 2.23 bits per heavy atom. The number of oxazole rings is 1. The highest BCUT2D eigenvalue weighted by molar-refractivity contribution is 5.79. The molecule has 0 bridgehead atoms. The second-order valence-electron chi connectivity index (χ2n) is 6.31. The van der Waals surface area contributed by atoms with Gasteiger partial charge in [-0.2, -0.15) is 0 Å². The van der Waals surface area contributed by atoms with Crippen molar-refractivity contribution in [3.8, 4) is 0 Å². The summed E-state index contributed by atoms with van der Waals surface area (Å²) in [4.78, 5) is 16.5. The van der Waals surface area contributed by atoms with E-state index in [0.717, 1.165) is 37.4 Å². The molecule has 22 heavy (non-hydrogen) atoms. The van der Waals surface area contributed by atoms with Gasteiger partial charge in [-0.05, 0) is 51.6 Å². The maximum Gasteiger partial charge on any atom is 0.226 e. The van der Waals surface area contributed by atoms with Crippen LogP contribution < -0.4 is 10.6 Å². The van der Waals surface area contributed by atoms with Gasteiger partial charge < -0.3 is 19.8 Å². The van der Waals surface area contributed by atoms with E-state index >= 15 is 0 Å². The molecule has 3 heterocycles. The fraction of sp³-hybridized carbons (Fsp3) is 0.750. The molecular formula is C16H25N3O3. The molecule has 1 aromatic rings. The van der Waals surface area contributed by atoms with E-state index in [2.05, 4.69) is 15.6 Å². The number of ether oxygens (including phenoxy) is 1. The summed E-state index contributed by atoms with van der Waals surface area (Å²) in [6, 6.07) is 0. The molecule has 3 rings (SSSR count). The number of nitrogens with one attached hydrogen (secondary N) is 2. The van der Waals surface area contributed by atoms with Crippen molar-refractivity contribution in [3.63, 3.8) is 0 Å². The Bertz CT molecular complexity index is 497. The van der Waals surface area contributed by atoms with E-state index < -0.39 is 0 Å². The van der Waals surface area contributed by atoms with Crippen molar-refractivity contribution < 1.29 is 13.9 Å². The number of piperidine rings is 1. The van der Waals surface area contributed by atoms with Gasteiger partial charge >= 0.3 is 0 Å². The van der Waals surface area contributed by atoms with Crippen LogP contribution in [0.2, 0.25) is 0 Å².